The van der Waals surface area contributed by atoms with Gasteiger partial charge in [0.2, 0.25) is 11.9 Å². The van der Waals surface area contributed by atoms with Crippen LogP contribution in [0.25, 0.3) is 11.4 Å². The van der Waals surface area contributed by atoms with Crippen molar-refractivity contribution in [3.05, 3.63) is 17.8 Å². The van der Waals surface area contributed by atoms with Crippen LogP contribution in [0, 0.1) is 0 Å². The van der Waals surface area contributed by atoms with Crippen LogP contribution >= 0.6 is 0 Å². The fourth-order valence-corrected chi connectivity index (χ4v) is 4.21. The van der Waals surface area contributed by atoms with Crippen molar-refractivity contribution in [2.75, 3.05) is 81.7 Å². The Hall–Kier alpha value is -2.70. The molecular formula is C22H32F2N8O2. The zero-order chi connectivity index (χ0) is 24.3. The SMILES string of the molecule is COCCN1CCN(c2nc(-c3cnc(N)cc3C(F)F)nc(N3CCOCC3(C)C)n2)CC1. The molecule has 0 aromatic carbocycles. The second-order valence-corrected chi connectivity index (χ2v) is 9.09. The number of rotatable bonds is 7. The first-order chi connectivity index (χ1) is 16.3. The summed E-state index contributed by atoms with van der Waals surface area (Å²) < 4.78 is 38.6. The number of nitrogens with zero attached hydrogens (tertiary/aromatic N) is 7. The minimum Gasteiger partial charge on any atom is -0.384 e. The molecule has 0 bridgehead atoms. The summed E-state index contributed by atoms with van der Waals surface area (Å²) in [5.41, 5.74) is 5.22. The van der Waals surface area contributed by atoms with E-state index in [1.165, 1.54) is 12.3 Å². The molecule has 2 N–H and O–H groups in total. The third-order valence-electron chi connectivity index (χ3n) is 6.20. The second kappa shape index (κ2) is 10.3. The zero-order valence-electron chi connectivity index (χ0n) is 19.9. The lowest BCUT2D eigenvalue weighted by Gasteiger charge is -2.42. The highest BCUT2D eigenvalue weighted by Crippen LogP contribution is 2.33. The monoisotopic (exact) mass is 478 g/mol. The summed E-state index contributed by atoms with van der Waals surface area (Å²) in [5, 5.41) is 0. The first kappa shape index (κ1) is 24.4. The van der Waals surface area contributed by atoms with Gasteiger partial charge in [-0.25, -0.2) is 13.8 Å². The molecule has 12 heteroatoms. The summed E-state index contributed by atoms with van der Waals surface area (Å²) in [6.07, 6.45) is -1.43. The van der Waals surface area contributed by atoms with Gasteiger partial charge in [0.05, 0.1) is 25.4 Å². The smallest absolute Gasteiger partial charge is 0.264 e. The topological polar surface area (TPSA) is 106 Å². The van der Waals surface area contributed by atoms with Gasteiger partial charge in [-0.1, -0.05) is 0 Å². The van der Waals surface area contributed by atoms with Crippen LogP contribution in [0.1, 0.15) is 25.8 Å². The molecule has 0 atom stereocenters. The maximum Gasteiger partial charge on any atom is 0.264 e. The standard InChI is InChI=1S/C22H32F2N8O2/c1-22(2)14-34-11-9-32(22)21-28-19(16-13-26-17(25)12-15(16)18(23)24)27-20(29-21)31-6-4-30(5-7-31)8-10-33-3/h12-13,18H,4-11,14H2,1-3H3,(H2,25,26). The van der Waals surface area contributed by atoms with Crippen LogP contribution in [-0.2, 0) is 9.47 Å². The number of alkyl halides is 2. The normalized spacial score (nSPS) is 19.1. The van der Waals surface area contributed by atoms with E-state index in [1.54, 1.807) is 7.11 Å². The van der Waals surface area contributed by atoms with Gasteiger partial charge in [0.25, 0.3) is 6.43 Å². The molecule has 186 valence electrons. The number of halogens is 2. The first-order valence-corrected chi connectivity index (χ1v) is 11.4. The van der Waals surface area contributed by atoms with E-state index in [0.717, 1.165) is 19.6 Å². The maximum absolute atomic E-state index is 13.9. The number of anilines is 3. The summed E-state index contributed by atoms with van der Waals surface area (Å²) in [6, 6.07) is 1.18. The van der Waals surface area contributed by atoms with Gasteiger partial charge in [0.1, 0.15) is 5.82 Å². The quantitative estimate of drug-likeness (QED) is 0.634. The zero-order valence-corrected chi connectivity index (χ0v) is 19.9. The van der Waals surface area contributed by atoms with E-state index in [1.807, 2.05) is 18.7 Å². The molecular weight excluding hydrogens is 446 g/mol. The third kappa shape index (κ3) is 5.34. The predicted molar refractivity (Wildman–Crippen MR) is 125 cm³/mol. The summed E-state index contributed by atoms with van der Waals surface area (Å²) in [4.78, 5) is 24.5. The number of hydrogen-bond donors (Lipinski definition) is 1. The molecule has 4 heterocycles. The van der Waals surface area contributed by atoms with Gasteiger partial charge in [-0.3, -0.25) is 4.90 Å². The molecule has 2 aliphatic rings. The van der Waals surface area contributed by atoms with E-state index >= 15 is 0 Å². The average molecular weight is 479 g/mol. The molecule has 4 rings (SSSR count). The number of ether oxygens (including phenoxy) is 2. The number of nitrogen functional groups attached to an aromatic ring is 1. The van der Waals surface area contributed by atoms with Gasteiger partial charge in [-0.2, -0.15) is 15.0 Å². The van der Waals surface area contributed by atoms with Gasteiger partial charge >= 0.3 is 0 Å². The Labute approximate surface area is 198 Å². The van der Waals surface area contributed by atoms with E-state index in [2.05, 4.69) is 24.8 Å². The molecule has 10 nitrogen and oxygen atoms in total. The van der Waals surface area contributed by atoms with Crippen molar-refractivity contribution in [1.82, 2.24) is 24.8 Å². The molecule has 2 aromatic heterocycles. The molecule has 0 amide bonds. The fourth-order valence-electron chi connectivity index (χ4n) is 4.21. The van der Waals surface area contributed by atoms with Crippen molar-refractivity contribution in [2.24, 2.45) is 0 Å². The van der Waals surface area contributed by atoms with Crippen LogP contribution < -0.4 is 15.5 Å². The lowest BCUT2D eigenvalue weighted by atomic mass is 10.0. The molecule has 2 aromatic rings. The van der Waals surface area contributed by atoms with Crippen LogP contribution in [0.2, 0.25) is 0 Å². The number of nitrogens with two attached hydrogens (primary N) is 1. The number of morpholine rings is 1. The molecule has 2 fully saturated rings. The minimum absolute atomic E-state index is 0.0232. The van der Waals surface area contributed by atoms with Crippen LogP contribution in [-0.4, -0.2) is 96.6 Å². The highest BCUT2D eigenvalue weighted by Gasteiger charge is 2.34. The van der Waals surface area contributed by atoms with Crippen LogP contribution in [0.5, 0.6) is 0 Å². The van der Waals surface area contributed by atoms with Gasteiger partial charge in [0, 0.05) is 63.7 Å². The molecule has 2 saturated heterocycles. The highest BCUT2D eigenvalue weighted by atomic mass is 19.3. The maximum atomic E-state index is 13.9. The number of piperazine rings is 1. The highest BCUT2D eigenvalue weighted by molar-refractivity contribution is 5.64. The Morgan fingerprint density at radius 3 is 2.53 bits per heavy atom. The van der Waals surface area contributed by atoms with Crippen molar-refractivity contribution in [3.63, 3.8) is 0 Å². The van der Waals surface area contributed by atoms with E-state index in [4.69, 9.17) is 20.2 Å². The van der Waals surface area contributed by atoms with E-state index < -0.39 is 6.43 Å². The van der Waals surface area contributed by atoms with Gasteiger partial charge < -0.3 is 25.0 Å². The Morgan fingerprint density at radius 1 is 1.12 bits per heavy atom. The van der Waals surface area contributed by atoms with Crippen LogP contribution in [0.15, 0.2) is 12.3 Å². The van der Waals surface area contributed by atoms with Crippen LogP contribution in [0.4, 0.5) is 26.5 Å². The average Bonchev–Trinajstić information content (AvgIpc) is 2.82. The Kier molecular flexibility index (Phi) is 7.39. The van der Waals surface area contributed by atoms with E-state index in [-0.39, 0.29) is 28.3 Å². The summed E-state index contributed by atoms with van der Waals surface area (Å²) >= 11 is 0. The summed E-state index contributed by atoms with van der Waals surface area (Å²) in [7, 11) is 1.69. The molecule has 0 spiro atoms. The van der Waals surface area contributed by atoms with Crippen molar-refractivity contribution in [3.8, 4) is 11.4 Å². The van der Waals surface area contributed by atoms with Gasteiger partial charge in [0.15, 0.2) is 5.82 Å². The Bertz CT molecular complexity index is 985. The molecule has 0 aliphatic carbocycles. The second-order valence-electron chi connectivity index (χ2n) is 9.09. The van der Waals surface area contributed by atoms with Crippen molar-refractivity contribution in [2.45, 2.75) is 25.8 Å². The predicted octanol–water partition coefficient (Wildman–Crippen LogP) is 1.84. The largest absolute Gasteiger partial charge is 0.384 e. The van der Waals surface area contributed by atoms with Crippen molar-refractivity contribution >= 4 is 17.7 Å². The first-order valence-electron chi connectivity index (χ1n) is 11.4. The van der Waals surface area contributed by atoms with Crippen molar-refractivity contribution in [1.29, 1.82) is 0 Å². The number of aromatic nitrogens is 4. The Balaban J connectivity index is 1.73. The molecule has 34 heavy (non-hydrogen) atoms. The molecule has 0 unspecified atom stereocenters. The van der Waals surface area contributed by atoms with Crippen LogP contribution in [0.3, 0.4) is 0 Å². The minimum atomic E-state index is -2.74. The fraction of sp³-hybridized carbons (Fsp3) is 0.636. The third-order valence-corrected chi connectivity index (χ3v) is 6.20. The number of hydrogen-bond acceptors (Lipinski definition) is 10. The van der Waals surface area contributed by atoms with E-state index in [0.29, 0.717) is 51.4 Å². The lowest BCUT2D eigenvalue weighted by Crippen LogP contribution is -2.54. The number of pyridine rings is 1. The molecule has 0 radical (unpaired) electrons. The van der Waals surface area contributed by atoms with Gasteiger partial charge in [-0.15, -0.1) is 0 Å². The van der Waals surface area contributed by atoms with Crippen molar-refractivity contribution < 1.29 is 18.3 Å². The number of methoxy groups -OCH3 is 1. The summed E-state index contributed by atoms with van der Waals surface area (Å²) in [5.74, 6) is 1.08. The van der Waals surface area contributed by atoms with E-state index in [9.17, 15) is 8.78 Å². The summed E-state index contributed by atoms with van der Waals surface area (Å²) in [6.45, 7) is 10.3. The lowest BCUT2D eigenvalue weighted by molar-refractivity contribution is 0.0634. The molecule has 0 saturated carbocycles. The van der Waals surface area contributed by atoms with Gasteiger partial charge in [-0.05, 0) is 19.9 Å². The Morgan fingerprint density at radius 2 is 1.85 bits per heavy atom. The molecule has 2 aliphatic heterocycles.